The number of thioether (sulfide) groups is 1. The highest BCUT2D eigenvalue weighted by Gasteiger charge is 2.18. The number of nitrogens with one attached hydrogen (secondary N) is 1. The molecule has 0 aliphatic carbocycles. The van der Waals surface area contributed by atoms with E-state index in [-0.39, 0.29) is 11.8 Å². The first-order chi connectivity index (χ1) is 9.01. The van der Waals surface area contributed by atoms with E-state index in [4.69, 9.17) is 4.74 Å². The molecular weight excluding hydrogens is 262 g/mol. The Hall–Kier alpha value is -1.14. The lowest BCUT2D eigenvalue weighted by Crippen LogP contribution is -2.29. The number of carbonyl (C=O) groups is 1. The quantitative estimate of drug-likeness (QED) is 0.491. The van der Waals surface area contributed by atoms with Gasteiger partial charge in [0.1, 0.15) is 10.9 Å². The average Bonchev–Trinajstić information content (AvgIpc) is 2.37. The molecule has 106 valence electrons. The summed E-state index contributed by atoms with van der Waals surface area (Å²) < 4.78 is 4.91. The number of rotatable bonds is 6. The summed E-state index contributed by atoms with van der Waals surface area (Å²) in [5.41, 5.74) is 1.28. The summed E-state index contributed by atoms with van der Waals surface area (Å²) in [5, 5.41) is 3.53. The fourth-order valence-corrected chi connectivity index (χ4v) is 2.22. The van der Waals surface area contributed by atoms with Gasteiger partial charge in [0.2, 0.25) is 0 Å². The normalized spacial score (nSPS) is 10.8. The van der Waals surface area contributed by atoms with Crippen LogP contribution in [-0.2, 0) is 4.74 Å². The second-order valence-corrected chi connectivity index (χ2v) is 5.25. The zero-order valence-electron chi connectivity index (χ0n) is 12.1. The second-order valence-electron chi connectivity index (χ2n) is 4.45. The van der Waals surface area contributed by atoms with Gasteiger partial charge < -0.3 is 10.1 Å². The number of amides is 1. The van der Waals surface area contributed by atoms with Crippen LogP contribution in [0.1, 0.15) is 41.6 Å². The molecule has 0 atom stereocenters. The summed E-state index contributed by atoms with van der Waals surface area (Å²) >= 11 is 1.47. The molecule has 0 aromatic carbocycles. The van der Waals surface area contributed by atoms with Crippen LogP contribution in [0.25, 0.3) is 0 Å². The highest BCUT2D eigenvalue weighted by Crippen LogP contribution is 2.22. The van der Waals surface area contributed by atoms with Crippen LogP contribution >= 0.6 is 11.8 Å². The highest BCUT2D eigenvalue weighted by molar-refractivity contribution is 7.98. The molecule has 1 amide bonds. The van der Waals surface area contributed by atoms with Crippen LogP contribution in [0.3, 0.4) is 0 Å². The van der Waals surface area contributed by atoms with E-state index >= 15 is 0 Å². The van der Waals surface area contributed by atoms with Crippen molar-refractivity contribution in [3.63, 3.8) is 0 Å². The number of hydrogen-bond acceptors (Lipinski definition) is 5. The van der Waals surface area contributed by atoms with Gasteiger partial charge in [-0.05, 0) is 13.2 Å². The third-order valence-electron chi connectivity index (χ3n) is 2.60. The number of nitrogens with zero attached hydrogens (tertiary/aromatic N) is 2. The molecule has 1 rings (SSSR count). The molecule has 0 fully saturated rings. The molecule has 0 unspecified atom stereocenters. The third kappa shape index (κ3) is 4.18. The Bertz CT molecular complexity index is 450. The van der Waals surface area contributed by atoms with E-state index in [0.29, 0.717) is 18.7 Å². The predicted octanol–water partition coefficient (Wildman–Crippen LogP) is 2.01. The number of aryl methyl sites for hydroxylation is 1. The first kappa shape index (κ1) is 15.9. The minimum Gasteiger partial charge on any atom is -0.383 e. The number of carbonyl (C=O) groups excluding carboxylic acids is 1. The second kappa shape index (κ2) is 7.45. The van der Waals surface area contributed by atoms with Gasteiger partial charge in [-0.15, -0.1) is 11.8 Å². The van der Waals surface area contributed by atoms with Crippen LogP contribution in [0.5, 0.6) is 0 Å². The van der Waals surface area contributed by atoms with Crippen molar-refractivity contribution >= 4 is 17.7 Å². The highest BCUT2D eigenvalue weighted by atomic mass is 32.2. The van der Waals surface area contributed by atoms with Crippen LogP contribution in [0.15, 0.2) is 5.03 Å². The summed E-state index contributed by atoms with van der Waals surface area (Å²) in [6.45, 7) is 6.89. The minimum atomic E-state index is -0.144. The monoisotopic (exact) mass is 283 g/mol. The Morgan fingerprint density at radius 2 is 2.11 bits per heavy atom. The molecule has 1 aromatic heterocycles. The van der Waals surface area contributed by atoms with Crippen molar-refractivity contribution in [2.24, 2.45) is 0 Å². The Morgan fingerprint density at radius 3 is 2.63 bits per heavy atom. The molecule has 0 aliphatic rings. The van der Waals surface area contributed by atoms with Gasteiger partial charge in [-0.2, -0.15) is 0 Å². The Labute approximate surface area is 118 Å². The van der Waals surface area contributed by atoms with Crippen molar-refractivity contribution in [3.05, 3.63) is 17.1 Å². The number of methoxy groups -OCH3 is 1. The van der Waals surface area contributed by atoms with Crippen LogP contribution in [0, 0.1) is 6.92 Å². The number of hydrogen-bond donors (Lipinski definition) is 1. The smallest absolute Gasteiger partial charge is 0.255 e. The zero-order valence-corrected chi connectivity index (χ0v) is 12.9. The van der Waals surface area contributed by atoms with Crippen molar-refractivity contribution in [3.8, 4) is 0 Å². The molecule has 5 nitrogen and oxygen atoms in total. The molecule has 1 aromatic rings. The van der Waals surface area contributed by atoms with Crippen LogP contribution in [-0.4, -0.2) is 42.4 Å². The molecule has 19 heavy (non-hydrogen) atoms. The van der Waals surface area contributed by atoms with Gasteiger partial charge >= 0.3 is 0 Å². The van der Waals surface area contributed by atoms with E-state index < -0.39 is 0 Å². The molecule has 0 saturated heterocycles. The van der Waals surface area contributed by atoms with Crippen molar-refractivity contribution in [1.29, 1.82) is 0 Å². The van der Waals surface area contributed by atoms with Gasteiger partial charge in [-0.1, -0.05) is 13.8 Å². The van der Waals surface area contributed by atoms with Gasteiger partial charge in [0.15, 0.2) is 0 Å². The molecule has 0 saturated carbocycles. The fourth-order valence-electron chi connectivity index (χ4n) is 1.59. The van der Waals surface area contributed by atoms with E-state index in [2.05, 4.69) is 15.3 Å². The molecule has 0 aliphatic heterocycles. The molecule has 1 heterocycles. The Kier molecular flexibility index (Phi) is 6.24. The topological polar surface area (TPSA) is 64.1 Å². The van der Waals surface area contributed by atoms with Crippen LogP contribution < -0.4 is 5.32 Å². The van der Waals surface area contributed by atoms with E-state index in [1.54, 1.807) is 7.11 Å². The maximum Gasteiger partial charge on any atom is 0.255 e. The van der Waals surface area contributed by atoms with Crippen molar-refractivity contribution in [1.82, 2.24) is 15.3 Å². The fraction of sp³-hybridized carbons (Fsp3) is 0.615. The predicted molar refractivity (Wildman–Crippen MR) is 76.8 cm³/mol. The van der Waals surface area contributed by atoms with Crippen molar-refractivity contribution < 1.29 is 9.53 Å². The summed E-state index contributed by atoms with van der Waals surface area (Å²) in [6.07, 6.45) is 1.91. The minimum absolute atomic E-state index is 0.144. The summed E-state index contributed by atoms with van der Waals surface area (Å²) in [4.78, 5) is 21.0. The molecular formula is C13H21N3O2S. The van der Waals surface area contributed by atoms with Gasteiger partial charge in [0, 0.05) is 19.6 Å². The van der Waals surface area contributed by atoms with E-state index in [1.807, 2.05) is 27.0 Å². The van der Waals surface area contributed by atoms with Crippen molar-refractivity contribution in [2.75, 3.05) is 26.5 Å². The number of aromatic nitrogens is 2. The molecule has 0 radical (unpaired) electrons. The van der Waals surface area contributed by atoms with Gasteiger partial charge in [-0.3, -0.25) is 4.79 Å². The lowest BCUT2D eigenvalue weighted by atomic mass is 10.1. The third-order valence-corrected chi connectivity index (χ3v) is 3.28. The van der Waals surface area contributed by atoms with Gasteiger partial charge in [0.25, 0.3) is 5.91 Å². The van der Waals surface area contributed by atoms with Crippen LogP contribution in [0.4, 0.5) is 0 Å². The van der Waals surface area contributed by atoms with Gasteiger partial charge in [-0.25, -0.2) is 9.97 Å². The van der Waals surface area contributed by atoms with Gasteiger partial charge in [0.05, 0.1) is 17.9 Å². The average molecular weight is 283 g/mol. The molecule has 0 spiro atoms. The van der Waals surface area contributed by atoms with Crippen molar-refractivity contribution in [2.45, 2.75) is 31.7 Å². The van der Waals surface area contributed by atoms with E-state index in [1.165, 1.54) is 11.8 Å². The van der Waals surface area contributed by atoms with E-state index in [9.17, 15) is 4.79 Å². The summed E-state index contributed by atoms with van der Waals surface area (Å²) in [6, 6.07) is 0. The molecule has 0 bridgehead atoms. The van der Waals surface area contributed by atoms with E-state index in [0.717, 1.165) is 16.5 Å². The Balaban J connectivity index is 3.02. The summed E-state index contributed by atoms with van der Waals surface area (Å²) in [5.74, 6) is 0.875. The molecule has 1 N–H and O–H groups in total. The largest absolute Gasteiger partial charge is 0.383 e. The SMILES string of the molecule is COCCNC(=O)c1c(C)nc(C(C)C)nc1SC. The molecule has 6 heteroatoms. The summed E-state index contributed by atoms with van der Waals surface area (Å²) in [7, 11) is 1.60. The lowest BCUT2D eigenvalue weighted by molar-refractivity contribution is 0.0932. The number of ether oxygens (including phenoxy) is 1. The first-order valence-corrected chi connectivity index (χ1v) is 7.43. The maximum absolute atomic E-state index is 12.1. The lowest BCUT2D eigenvalue weighted by Gasteiger charge is -2.13. The maximum atomic E-state index is 12.1. The Morgan fingerprint density at radius 1 is 1.42 bits per heavy atom. The first-order valence-electron chi connectivity index (χ1n) is 6.20. The standard InChI is InChI=1S/C13H21N3O2S/c1-8(2)11-15-9(3)10(13(16-11)19-5)12(17)14-6-7-18-4/h8H,6-7H2,1-5H3,(H,14,17). The van der Waals surface area contributed by atoms with Crippen LogP contribution in [0.2, 0.25) is 0 Å². The zero-order chi connectivity index (χ0) is 14.4.